The Hall–Kier alpha value is -4.80. The molecule has 11 nitrogen and oxygen atoms in total. The number of para-hydroxylation sites is 1. The van der Waals surface area contributed by atoms with Crippen molar-refractivity contribution in [2.75, 3.05) is 22.1 Å². The zero-order valence-electron chi connectivity index (χ0n) is 17.9. The van der Waals surface area contributed by atoms with Crippen LogP contribution in [0.15, 0.2) is 67.1 Å². The molecule has 2 aromatic heterocycles. The molecular formula is C23H20N8O3. The maximum absolute atomic E-state index is 12.4. The van der Waals surface area contributed by atoms with Crippen LogP contribution in [0, 0.1) is 10.1 Å². The largest absolute Gasteiger partial charge is 0.347 e. The van der Waals surface area contributed by atoms with E-state index in [9.17, 15) is 14.9 Å². The van der Waals surface area contributed by atoms with Crippen molar-refractivity contribution in [2.45, 2.75) is 13.0 Å². The number of carbonyl (C=O) groups is 1. The van der Waals surface area contributed by atoms with Gasteiger partial charge < -0.3 is 20.5 Å². The number of hydrogen-bond acceptors (Lipinski definition) is 8. The van der Waals surface area contributed by atoms with Crippen LogP contribution in [0.5, 0.6) is 0 Å². The highest BCUT2D eigenvalue weighted by atomic mass is 16.6. The second kappa shape index (κ2) is 8.98. The number of benzene rings is 2. The van der Waals surface area contributed by atoms with Crippen LogP contribution in [0.4, 0.5) is 28.8 Å². The second-order valence-corrected chi connectivity index (χ2v) is 7.68. The fourth-order valence-electron chi connectivity index (χ4n) is 3.74. The molecule has 170 valence electrons. The molecule has 0 bridgehead atoms. The lowest BCUT2D eigenvalue weighted by atomic mass is 10.1. The molecule has 2 aromatic carbocycles. The van der Waals surface area contributed by atoms with Crippen molar-refractivity contribution in [1.29, 1.82) is 0 Å². The monoisotopic (exact) mass is 456 g/mol. The van der Waals surface area contributed by atoms with Crippen LogP contribution in [0.3, 0.4) is 0 Å². The van der Waals surface area contributed by atoms with Crippen molar-refractivity contribution in [1.82, 2.24) is 19.9 Å². The van der Waals surface area contributed by atoms with E-state index in [1.807, 2.05) is 35.2 Å². The number of imidazole rings is 1. The molecule has 5 rings (SSSR count). The molecule has 0 atom stereocenters. The number of aromatic nitrogens is 4. The molecule has 3 heterocycles. The summed E-state index contributed by atoms with van der Waals surface area (Å²) in [6, 6.07) is 16.0. The normalized spacial score (nSPS) is 12.6. The van der Waals surface area contributed by atoms with Crippen LogP contribution in [0.2, 0.25) is 0 Å². The first-order valence-electron chi connectivity index (χ1n) is 10.6. The van der Waals surface area contributed by atoms with Crippen LogP contribution in [0.1, 0.15) is 21.7 Å². The summed E-state index contributed by atoms with van der Waals surface area (Å²) in [7, 11) is 0. The molecule has 11 heteroatoms. The van der Waals surface area contributed by atoms with Crippen molar-refractivity contribution < 1.29 is 9.72 Å². The molecule has 3 N–H and O–H groups in total. The molecule has 0 spiro atoms. The van der Waals surface area contributed by atoms with Gasteiger partial charge in [0, 0.05) is 29.9 Å². The van der Waals surface area contributed by atoms with Crippen LogP contribution >= 0.6 is 0 Å². The number of amides is 1. The van der Waals surface area contributed by atoms with Gasteiger partial charge in [0.1, 0.15) is 6.20 Å². The van der Waals surface area contributed by atoms with Crippen molar-refractivity contribution in [3.63, 3.8) is 0 Å². The van der Waals surface area contributed by atoms with Gasteiger partial charge in [0.25, 0.3) is 5.91 Å². The van der Waals surface area contributed by atoms with Gasteiger partial charge in [0.2, 0.25) is 11.8 Å². The maximum Gasteiger partial charge on any atom is 0.329 e. The molecule has 0 fully saturated rings. The average molecular weight is 456 g/mol. The van der Waals surface area contributed by atoms with E-state index in [-0.39, 0.29) is 23.4 Å². The first-order valence-corrected chi connectivity index (χ1v) is 10.6. The summed E-state index contributed by atoms with van der Waals surface area (Å²) in [6.45, 7) is 0.998. The van der Waals surface area contributed by atoms with Crippen molar-refractivity contribution in [3.8, 4) is 0 Å². The Morgan fingerprint density at radius 3 is 2.62 bits per heavy atom. The van der Waals surface area contributed by atoms with Crippen LogP contribution in [0.25, 0.3) is 0 Å². The number of rotatable bonds is 6. The average Bonchev–Trinajstić information content (AvgIpc) is 3.33. The first kappa shape index (κ1) is 21.1. The smallest absolute Gasteiger partial charge is 0.329 e. The number of carbonyl (C=O) groups excluding carboxylic acids is 1. The van der Waals surface area contributed by atoms with Crippen molar-refractivity contribution in [3.05, 3.63) is 94.2 Å². The highest BCUT2D eigenvalue weighted by Crippen LogP contribution is 2.30. The molecular weight excluding hydrogens is 436 g/mol. The van der Waals surface area contributed by atoms with E-state index >= 15 is 0 Å². The minimum Gasteiger partial charge on any atom is -0.347 e. The van der Waals surface area contributed by atoms with E-state index in [2.05, 4.69) is 30.6 Å². The summed E-state index contributed by atoms with van der Waals surface area (Å²) in [5, 5.41) is 17.5. The molecule has 1 aliphatic rings. The molecule has 0 radical (unpaired) electrons. The predicted octanol–water partition coefficient (Wildman–Crippen LogP) is 3.67. The quantitative estimate of drug-likeness (QED) is 0.295. The SMILES string of the molecule is O=C(Nc1ccccc1)c1ccc(Nc2ncc([N+](=O)[O-])c(N3CCc4nc[nH]c4C3)n2)cc1. The Bertz CT molecular complexity index is 1340. The zero-order chi connectivity index (χ0) is 23.5. The van der Waals surface area contributed by atoms with Gasteiger partial charge in [0.15, 0.2) is 0 Å². The topological polar surface area (TPSA) is 142 Å². The van der Waals surface area contributed by atoms with Gasteiger partial charge in [-0.25, -0.2) is 9.97 Å². The minimum atomic E-state index is -0.484. The highest BCUT2D eigenvalue weighted by Gasteiger charge is 2.27. The lowest BCUT2D eigenvalue weighted by molar-refractivity contribution is -0.384. The second-order valence-electron chi connectivity index (χ2n) is 7.68. The van der Waals surface area contributed by atoms with Gasteiger partial charge in [-0.1, -0.05) is 18.2 Å². The fourth-order valence-corrected chi connectivity index (χ4v) is 3.74. The number of aromatic amines is 1. The van der Waals surface area contributed by atoms with Gasteiger partial charge in [-0.15, -0.1) is 0 Å². The standard InChI is InChI=1S/C23H20N8O3/c32-22(27-16-4-2-1-3-5-16)15-6-8-17(9-7-15)28-23-24-12-20(31(33)34)21(29-23)30-11-10-18-19(13-30)26-14-25-18/h1-9,12,14H,10-11,13H2,(H,25,26)(H,27,32)(H,24,28,29). The number of fused-ring (bicyclic) bond motifs is 1. The van der Waals surface area contributed by atoms with E-state index in [4.69, 9.17) is 0 Å². The molecule has 0 aliphatic carbocycles. The third kappa shape index (κ3) is 4.39. The predicted molar refractivity (Wildman–Crippen MR) is 126 cm³/mol. The van der Waals surface area contributed by atoms with E-state index in [0.29, 0.717) is 36.4 Å². The number of nitro groups is 1. The molecule has 1 amide bonds. The van der Waals surface area contributed by atoms with Gasteiger partial charge >= 0.3 is 5.69 Å². The fraction of sp³-hybridized carbons (Fsp3) is 0.130. The van der Waals surface area contributed by atoms with Gasteiger partial charge in [0.05, 0.1) is 29.2 Å². The van der Waals surface area contributed by atoms with Crippen molar-refractivity contribution >= 4 is 34.7 Å². The Morgan fingerprint density at radius 2 is 1.85 bits per heavy atom. The zero-order valence-corrected chi connectivity index (χ0v) is 17.9. The number of H-pyrrole nitrogens is 1. The van der Waals surface area contributed by atoms with Gasteiger partial charge in [-0.3, -0.25) is 14.9 Å². The third-order valence-corrected chi connectivity index (χ3v) is 5.46. The number of nitrogens with one attached hydrogen (secondary N) is 3. The van der Waals surface area contributed by atoms with E-state index in [1.165, 1.54) is 6.20 Å². The summed E-state index contributed by atoms with van der Waals surface area (Å²) in [4.78, 5) is 41.3. The Morgan fingerprint density at radius 1 is 1.06 bits per heavy atom. The minimum absolute atomic E-state index is 0.165. The molecule has 0 saturated carbocycles. The number of hydrogen-bond donors (Lipinski definition) is 3. The maximum atomic E-state index is 12.4. The number of anilines is 4. The molecule has 4 aromatic rings. The Kier molecular flexibility index (Phi) is 5.56. The van der Waals surface area contributed by atoms with Crippen molar-refractivity contribution in [2.24, 2.45) is 0 Å². The number of nitrogens with zero attached hydrogens (tertiary/aromatic N) is 5. The van der Waals surface area contributed by atoms with Crippen LogP contribution in [-0.2, 0) is 13.0 Å². The van der Waals surface area contributed by atoms with Crippen LogP contribution in [-0.4, -0.2) is 37.3 Å². The van der Waals surface area contributed by atoms with Gasteiger partial charge in [-0.05, 0) is 36.4 Å². The lowest BCUT2D eigenvalue weighted by Gasteiger charge is -2.26. The summed E-state index contributed by atoms with van der Waals surface area (Å²) >= 11 is 0. The van der Waals surface area contributed by atoms with E-state index in [1.54, 1.807) is 30.6 Å². The van der Waals surface area contributed by atoms with E-state index < -0.39 is 4.92 Å². The first-order chi connectivity index (χ1) is 16.6. The summed E-state index contributed by atoms with van der Waals surface area (Å²) < 4.78 is 0. The highest BCUT2D eigenvalue weighted by molar-refractivity contribution is 6.04. The molecule has 0 unspecified atom stereocenters. The molecule has 0 saturated heterocycles. The van der Waals surface area contributed by atoms with Gasteiger partial charge in [-0.2, -0.15) is 4.98 Å². The summed E-state index contributed by atoms with van der Waals surface area (Å²) in [5.74, 6) is 0.231. The van der Waals surface area contributed by atoms with Crippen LogP contribution < -0.4 is 15.5 Å². The molecule has 34 heavy (non-hydrogen) atoms. The third-order valence-electron chi connectivity index (χ3n) is 5.46. The van der Waals surface area contributed by atoms with E-state index in [0.717, 1.165) is 11.4 Å². The summed E-state index contributed by atoms with van der Waals surface area (Å²) in [6.07, 6.45) is 3.49. The lowest BCUT2D eigenvalue weighted by Crippen LogP contribution is -2.32. The Labute approximate surface area is 194 Å². The Balaban J connectivity index is 1.33. The summed E-state index contributed by atoms with van der Waals surface area (Å²) in [5.41, 5.74) is 3.55. The molecule has 1 aliphatic heterocycles.